The van der Waals surface area contributed by atoms with E-state index in [9.17, 15) is 0 Å². The van der Waals surface area contributed by atoms with Gasteiger partial charge in [0.1, 0.15) is 42.7 Å². The van der Waals surface area contributed by atoms with E-state index in [-0.39, 0.29) is 66.1 Å². The van der Waals surface area contributed by atoms with E-state index in [2.05, 4.69) is 0 Å². The van der Waals surface area contributed by atoms with Gasteiger partial charge in [0.15, 0.2) is 5.79 Å². The van der Waals surface area contributed by atoms with Gasteiger partial charge >= 0.3 is 31.3 Å². The van der Waals surface area contributed by atoms with Crippen LogP contribution in [0, 0.1) is 0 Å². The van der Waals surface area contributed by atoms with E-state index in [1.165, 1.54) is 0 Å². The molecule has 0 spiro atoms. The maximum Gasteiger partial charge on any atom is 0.475 e. The van der Waals surface area contributed by atoms with E-state index < -0.39 is 86.4 Å². The Hall–Kier alpha value is -6.74. The molecule has 8 atom stereocenters. The highest BCUT2D eigenvalue weighted by Gasteiger charge is 2.62. The largest absolute Gasteiger partial charge is 0.475 e. The first-order chi connectivity index (χ1) is 48.1. The van der Waals surface area contributed by atoms with Crippen LogP contribution >= 0.6 is 31.3 Å². The van der Waals surface area contributed by atoms with Crippen LogP contribution in [0.2, 0.25) is 0 Å². The lowest BCUT2D eigenvalue weighted by Gasteiger charge is -2.50. The molecule has 2 fully saturated rings. The van der Waals surface area contributed by atoms with Crippen molar-refractivity contribution >= 4 is 31.3 Å². The Morgan fingerprint density at radius 2 is 0.475 bits per heavy atom. The summed E-state index contributed by atoms with van der Waals surface area (Å²) in [5, 5.41) is 0. The number of phosphoric ester groups is 4. The second kappa shape index (κ2) is 36.2. The van der Waals surface area contributed by atoms with E-state index in [1.807, 2.05) is 54.6 Å². The summed E-state index contributed by atoms with van der Waals surface area (Å²) in [4.78, 5) is 0. The van der Waals surface area contributed by atoms with E-state index in [4.69, 9.17) is 73.2 Å². The average Bonchev–Trinajstić information content (AvgIpc) is 0.896. The number of ether oxygens (including phenoxy) is 4. The summed E-state index contributed by atoms with van der Waals surface area (Å²) in [6.07, 6.45) is -12.8. The number of rotatable bonds is 38. The van der Waals surface area contributed by atoms with Crippen molar-refractivity contribution in [2.24, 2.45) is 0 Å². The smallest absolute Gasteiger partial charge is 0.368 e. The molecule has 0 N–H and O–H groups in total. The van der Waals surface area contributed by atoms with E-state index in [0.29, 0.717) is 50.1 Å². The molecule has 1 saturated carbocycles. The second-order valence-corrected chi connectivity index (χ2v) is 30.1. The fraction of sp³-hybridized carbons (Fsp3) is 0.280. The van der Waals surface area contributed by atoms with Crippen LogP contribution in [0.4, 0.5) is 0 Å². The molecule has 9 aromatic carbocycles. The molecular formula is C75H80O20P4. The molecule has 0 bridgehead atoms. The Bertz CT molecular complexity index is 3730. The van der Waals surface area contributed by atoms with Gasteiger partial charge in [-0.3, -0.25) is 54.3 Å². The zero-order valence-electron chi connectivity index (χ0n) is 54.8. The van der Waals surface area contributed by atoms with Gasteiger partial charge in [0, 0.05) is 0 Å². The van der Waals surface area contributed by atoms with Crippen LogP contribution in [0.25, 0.3) is 0 Å². The van der Waals surface area contributed by atoms with Gasteiger partial charge in [-0.1, -0.05) is 273 Å². The molecule has 20 nitrogen and oxygen atoms in total. The van der Waals surface area contributed by atoms with Crippen molar-refractivity contribution in [1.29, 1.82) is 0 Å². The highest BCUT2D eigenvalue weighted by Crippen LogP contribution is 2.63. The highest BCUT2D eigenvalue weighted by molar-refractivity contribution is 7.49. The summed E-state index contributed by atoms with van der Waals surface area (Å²) in [6.45, 7) is -0.0311. The Kier molecular flexibility index (Phi) is 26.9. The van der Waals surface area contributed by atoms with Crippen LogP contribution in [-0.4, -0.2) is 61.7 Å². The summed E-state index contributed by atoms with van der Waals surface area (Å²) >= 11 is 0. The van der Waals surface area contributed by atoms with Gasteiger partial charge in [-0.15, -0.1) is 0 Å². The summed E-state index contributed by atoms with van der Waals surface area (Å²) in [6, 6.07) is 80.2. The van der Waals surface area contributed by atoms with Gasteiger partial charge in [-0.05, 0) is 63.9 Å². The maximum absolute atomic E-state index is 16.6. The van der Waals surface area contributed by atoms with E-state index >= 15 is 18.3 Å². The normalized spacial score (nSPS) is 20.1. The number of hydrogen-bond donors (Lipinski definition) is 0. The molecule has 11 rings (SSSR count). The fourth-order valence-corrected chi connectivity index (χ4v) is 16.1. The zero-order valence-corrected chi connectivity index (χ0v) is 58.3. The molecule has 0 amide bonds. The summed E-state index contributed by atoms with van der Waals surface area (Å²) in [7, 11) is -20.7. The lowest BCUT2D eigenvalue weighted by molar-refractivity contribution is -0.241. The Morgan fingerprint density at radius 3 is 0.687 bits per heavy atom. The Labute approximate surface area is 578 Å². The van der Waals surface area contributed by atoms with Crippen LogP contribution in [0.5, 0.6) is 0 Å². The minimum atomic E-state index is -5.21. The van der Waals surface area contributed by atoms with Gasteiger partial charge in [0.25, 0.3) is 0 Å². The van der Waals surface area contributed by atoms with Gasteiger partial charge in [0.05, 0.1) is 72.7 Å². The first-order valence-corrected chi connectivity index (χ1v) is 38.2. The molecular weight excluding hydrogens is 1340 g/mol. The zero-order chi connectivity index (χ0) is 68.6. The standard InChI is InChI=1S/C75H80O20P4/c1-75(2)82-57-68(91-75)58-90-99(79,89-56-67-46-28-11-29-47-67)92-71-69(80-48-59-30-12-3-13-31-59)72(93-96(76,83-50-61-34-16-5-17-35-61)84-51-62-36-18-6-19-37-62)74(95-98(78,87-54-65-42-24-9-25-43-65)88-55-66-44-26-10-27-45-66)73(70(71)81-49-60-32-14-4-15-33-60)94-97(77,85-52-63-38-20-7-21-39-63)86-53-64-40-22-8-23-41-64/h3-47,68-74H,48-58H2,1-2H3/t68-,69-,70-,71?,72-,73+,74?,99?/m0/s1. The minimum absolute atomic E-state index is 0.0345. The van der Waals surface area contributed by atoms with E-state index in [1.54, 1.807) is 232 Å². The number of hydrogen-bond acceptors (Lipinski definition) is 20. The molecule has 2 aliphatic rings. The molecule has 0 aromatic heterocycles. The Balaban J connectivity index is 1.14. The Morgan fingerprint density at radius 1 is 0.283 bits per heavy atom. The first-order valence-electron chi connectivity index (χ1n) is 32.3. The van der Waals surface area contributed by atoms with Crippen molar-refractivity contribution < 1.29 is 91.5 Å². The molecule has 1 aliphatic heterocycles. The molecule has 9 aromatic rings. The molecule has 0 radical (unpaired) electrons. The minimum Gasteiger partial charge on any atom is -0.368 e. The molecule has 3 unspecified atom stereocenters. The molecule has 24 heteroatoms. The van der Waals surface area contributed by atoms with Gasteiger partial charge in [0.2, 0.25) is 0 Å². The quantitative estimate of drug-likeness (QED) is 0.0329. The lowest BCUT2D eigenvalue weighted by atomic mass is 9.84. The monoisotopic (exact) mass is 1420 g/mol. The van der Waals surface area contributed by atoms with Crippen molar-refractivity contribution in [3.63, 3.8) is 0 Å². The summed E-state index contributed by atoms with van der Waals surface area (Å²) in [5.41, 5.74) is 5.10. The predicted molar refractivity (Wildman–Crippen MR) is 369 cm³/mol. The fourth-order valence-electron chi connectivity index (χ4n) is 10.6. The summed E-state index contributed by atoms with van der Waals surface area (Å²) < 4.78 is 173. The number of phosphoric acid groups is 4. The van der Waals surface area contributed by atoms with Crippen LogP contribution in [-0.2, 0) is 151 Å². The SMILES string of the molecule is CC1(C)OC[C@@H](COP(=O)(OCc2ccccc2)OC2[C@H](OCc3ccccc3)[C@H](OP(=O)(OCc3ccccc3)OCc3ccccc3)C(OP(=O)(OCc3ccccc3)OCc3ccccc3)[C@H](OP(=O)(OCc3ccccc3)OCc3ccccc3)[C@H]2OCc2ccccc2)O1. The van der Waals surface area contributed by atoms with Crippen LogP contribution < -0.4 is 0 Å². The topological polar surface area (TPSA) is 216 Å². The molecule has 1 saturated heterocycles. The summed E-state index contributed by atoms with van der Waals surface area (Å²) in [5.74, 6) is -1.04. The molecule has 1 heterocycles. The van der Waals surface area contributed by atoms with Crippen LogP contribution in [0.3, 0.4) is 0 Å². The predicted octanol–water partition coefficient (Wildman–Crippen LogP) is 17.8. The molecule has 520 valence electrons. The van der Waals surface area contributed by atoms with Crippen molar-refractivity contribution in [3.8, 4) is 0 Å². The van der Waals surface area contributed by atoms with Gasteiger partial charge in [-0.2, -0.15) is 0 Å². The van der Waals surface area contributed by atoms with Crippen molar-refractivity contribution in [3.05, 3.63) is 323 Å². The van der Waals surface area contributed by atoms with Crippen molar-refractivity contribution in [2.75, 3.05) is 13.2 Å². The third kappa shape index (κ3) is 22.9. The second-order valence-electron chi connectivity index (χ2n) is 23.7. The third-order valence-electron chi connectivity index (χ3n) is 15.6. The van der Waals surface area contributed by atoms with Gasteiger partial charge in [-0.25, -0.2) is 18.3 Å². The van der Waals surface area contributed by atoms with Crippen LogP contribution in [0.15, 0.2) is 273 Å². The lowest BCUT2D eigenvalue weighted by Crippen LogP contribution is -2.67. The number of benzene rings is 9. The highest BCUT2D eigenvalue weighted by atomic mass is 31.2. The third-order valence-corrected chi connectivity index (χ3v) is 21.2. The average molecular weight is 1430 g/mol. The van der Waals surface area contributed by atoms with Crippen molar-refractivity contribution in [1.82, 2.24) is 0 Å². The van der Waals surface area contributed by atoms with Crippen LogP contribution in [0.1, 0.15) is 63.9 Å². The van der Waals surface area contributed by atoms with E-state index in [0.717, 1.165) is 0 Å². The van der Waals surface area contributed by atoms with Gasteiger partial charge < -0.3 is 18.9 Å². The van der Waals surface area contributed by atoms with Crippen molar-refractivity contribution in [2.45, 2.75) is 122 Å². The first kappa shape index (κ1) is 73.5. The maximum atomic E-state index is 16.6. The molecule has 1 aliphatic carbocycles. The molecule has 99 heavy (non-hydrogen) atoms.